The molecule has 1 aromatic carbocycles. The second kappa shape index (κ2) is 5.87. The van der Waals surface area contributed by atoms with Crippen molar-refractivity contribution >= 4 is 11.6 Å². The van der Waals surface area contributed by atoms with E-state index in [9.17, 15) is 4.79 Å². The summed E-state index contributed by atoms with van der Waals surface area (Å²) in [4.78, 5) is 14.2. The minimum absolute atomic E-state index is 0.0612. The standard InChI is InChI=1S/C14H21N3O/c1-11-3-5-12(6-4-11)17-10-9-16-14(18)13(17)7-8-15-2/h3-6,13,15H,7-10H2,1-2H3,(H,16,18). The van der Waals surface area contributed by atoms with E-state index in [0.717, 1.165) is 31.7 Å². The Kier molecular flexibility index (Phi) is 4.20. The molecule has 1 atom stereocenters. The Morgan fingerprint density at radius 3 is 2.78 bits per heavy atom. The Hall–Kier alpha value is -1.55. The lowest BCUT2D eigenvalue weighted by Crippen LogP contribution is -2.56. The Labute approximate surface area is 108 Å². The van der Waals surface area contributed by atoms with E-state index in [2.05, 4.69) is 46.7 Å². The van der Waals surface area contributed by atoms with Crippen LogP contribution in [-0.2, 0) is 4.79 Å². The molecule has 1 unspecified atom stereocenters. The zero-order valence-corrected chi connectivity index (χ0v) is 11.1. The van der Waals surface area contributed by atoms with Gasteiger partial charge >= 0.3 is 0 Å². The van der Waals surface area contributed by atoms with Crippen molar-refractivity contribution < 1.29 is 4.79 Å². The average Bonchev–Trinajstić information content (AvgIpc) is 2.38. The molecule has 2 rings (SSSR count). The van der Waals surface area contributed by atoms with Crippen molar-refractivity contribution in [3.05, 3.63) is 29.8 Å². The van der Waals surface area contributed by atoms with Crippen LogP contribution < -0.4 is 15.5 Å². The molecule has 4 nitrogen and oxygen atoms in total. The maximum Gasteiger partial charge on any atom is 0.242 e. The van der Waals surface area contributed by atoms with Crippen molar-refractivity contribution in [2.45, 2.75) is 19.4 Å². The van der Waals surface area contributed by atoms with Crippen LogP contribution in [0.2, 0.25) is 0 Å². The molecule has 0 aromatic heterocycles. The molecule has 1 amide bonds. The Morgan fingerprint density at radius 2 is 2.11 bits per heavy atom. The normalized spacial score (nSPS) is 19.8. The first kappa shape index (κ1) is 12.9. The van der Waals surface area contributed by atoms with E-state index >= 15 is 0 Å². The van der Waals surface area contributed by atoms with Gasteiger partial charge in [0, 0.05) is 18.8 Å². The molecule has 1 aliphatic rings. The van der Waals surface area contributed by atoms with Crippen LogP contribution in [0.5, 0.6) is 0 Å². The third kappa shape index (κ3) is 2.82. The van der Waals surface area contributed by atoms with E-state index in [1.54, 1.807) is 0 Å². The van der Waals surface area contributed by atoms with Gasteiger partial charge in [0.1, 0.15) is 6.04 Å². The number of anilines is 1. The fourth-order valence-electron chi connectivity index (χ4n) is 2.33. The quantitative estimate of drug-likeness (QED) is 0.831. The summed E-state index contributed by atoms with van der Waals surface area (Å²) in [6.45, 7) is 4.53. The van der Waals surface area contributed by atoms with Crippen molar-refractivity contribution in [2.24, 2.45) is 0 Å². The molecule has 1 aliphatic heterocycles. The van der Waals surface area contributed by atoms with E-state index in [0.29, 0.717) is 0 Å². The molecule has 0 saturated carbocycles. The zero-order valence-electron chi connectivity index (χ0n) is 11.1. The highest BCUT2D eigenvalue weighted by molar-refractivity contribution is 5.86. The number of hydrogen-bond acceptors (Lipinski definition) is 3. The molecule has 18 heavy (non-hydrogen) atoms. The molecule has 0 radical (unpaired) electrons. The lowest BCUT2D eigenvalue weighted by Gasteiger charge is -2.37. The van der Waals surface area contributed by atoms with Gasteiger partial charge in [-0.05, 0) is 39.1 Å². The van der Waals surface area contributed by atoms with Crippen molar-refractivity contribution in [3.63, 3.8) is 0 Å². The Morgan fingerprint density at radius 1 is 1.39 bits per heavy atom. The van der Waals surface area contributed by atoms with Crippen LogP contribution in [0.3, 0.4) is 0 Å². The van der Waals surface area contributed by atoms with E-state index in [4.69, 9.17) is 0 Å². The molecule has 0 bridgehead atoms. The fourth-order valence-corrected chi connectivity index (χ4v) is 2.33. The monoisotopic (exact) mass is 247 g/mol. The van der Waals surface area contributed by atoms with Crippen LogP contribution in [0.25, 0.3) is 0 Å². The van der Waals surface area contributed by atoms with Crippen molar-refractivity contribution in [3.8, 4) is 0 Å². The number of hydrogen-bond donors (Lipinski definition) is 2. The van der Waals surface area contributed by atoms with Crippen LogP contribution in [0, 0.1) is 6.92 Å². The molecule has 1 heterocycles. The molecule has 1 aromatic rings. The number of aryl methyl sites for hydroxylation is 1. The maximum absolute atomic E-state index is 12.0. The van der Waals surface area contributed by atoms with Crippen LogP contribution in [0.4, 0.5) is 5.69 Å². The van der Waals surface area contributed by atoms with Gasteiger partial charge in [0.25, 0.3) is 0 Å². The topological polar surface area (TPSA) is 44.4 Å². The molecule has 1 saturated heterocycles. The lowest BCUT2D eigenvalue weighted by atomic mass is 10.1. The van der Waals surface area contributed by atoms with Crippen LogP contribution >= 0.6 is 0 Å². The highest BCUT2D eigenvalue weighted by atomic mass is 16.2. The molecule has 1 fully saturated rings. The molecule has 0 aliphatic carbocycles. The number of nitrogens with zero attached hydrogens (tertiary/aromatic N) is 1. The lowest BCUT2D eigenvalue weighted by molar-refractivity contribution is -0.123. The van der Waals surface area contributed by atoms with E-state index < -0.39 is 0 Å². The molecule has 4 heteroatoms. The van der Waals surface area contributed by atoms with E-state index in [1.807, 2.05) is 7.05 Å². The molecular formula is C14H21N3O. The smallest absolute Gasteiger partial charge is 0.242 e. The van der Waals surface area contributed by atoms with Gasteiger partial charge in [0.05, 0.1) is 0 Å². The largest absolute Gasteiger partial charge is 0.358 e. The SMILES string of the molecule is CNCCC1C(=O)NCCN1c1ccc(C)cc1. The highest BCUT2D eigenvalue weighted by Gasteiger charge is 2.28. The summed E-state index contributed by atoms with van der Waals surface area (Å²) >= 11 is 0. The number of piperazine rings is 1. The van der Waals surface area contributed by atoms with Gasteiger partial charge in [-0.15, -0.1) is 0 Å². The van der Waals surface area contributed by atoms with Crippen LogP contribution in [-0.4, -0.2) is 38.6 Å². The van der Waals surface area contributed by atoms with Crippen molar-refractivity contribution in [2.75, 3.05) is 31.6 Å². The number of nitrogens with one attached hydrogen (secondary N) is 2. The van der Waals surface area contributed by atoms with Crippen molar-refractivity contribution in [1.29, 1.82) is 0 Å². The van der Waals surface area contributed by atoms with Gasteiger partial charge in [0.15, 0.2) is 0 Å². The minimum atomic E-state index is -0.0612. The summed E-state index contributed by atoms with van der Waals surface area (Å²) in [5, 5.41) is 6.05. The van der Waals surface area contributed by atoms with Gasteiger partial charge in [0.2, 0.25) is 5.91 Å². The predicted octanol–water partition coefficient (Wildman–Crippen LogP) is 0.909. The summed E-state index contributed by atoms with van der Waals surface area (Å²) in [6.07, 6.45) is 0.830. The first-order valence-corrected chi connectivity index (χ1v) is 6.48. The van der Waals surface area contributed by atoms with Crippen LogP contribution in [0.15, 0.2) is 24.3 Å². The number of carbonyl (C=O) groups is 1. The van der Waals surface area contributed by atoms with E-state index in [-0.39, 0.29) is 11.9 Å². The van der Waals surface area contributed by atoms with Gasteiger partial charge in [-0.3, -0.25) is 4.79 Å². The zero-order chi connectivity index (χ0) is 13.0. The first-order valence-electron chi connectivity index (χ1n) is 6.48. The van der Waals surface area contributed by atoms with Gasteiger partial charge in [-0.1, -0.05) is 17.7 Å². The third-order valence-corrected chi connectivity index (χ3v) is 3.36. The summed E-state index contributed by atoms with van der Waals surface area (Å²) in [7, 11) is 1.91. The molecule has 98 valence electrons. The predicted molar refractivity (Wildman–Crippen MR) is 73.9 cm³/mol. The maximum atomic E-state index is 12.0. The average molecular weight is 247 g/mol. The Balaban J connectivity index is 2.16. The number of amides is 1. The van der Waals surface area contributed by atoms with Gasteiger partial charge < -0.3 is 15.5 Å². The van der Waals surface area contributed by atoms with Crippen molar-refractivity contribution in [1.82, 2.24) is 10.6 Å². The number of carbonyl (C=O) groups excluding carboxylic acids is 1. The fraction of sp³-hybridized carbons (Fsp3) is 0.500. The van der Waals surface area contributed by atoms with Gasteiger partial charge in [-0.2, -0.15) is 0 Å². The summed E-state index contributed by atoms with van der Waals surface area (Å²) < 4.78 is 0. The molecule has 2 N–H and O–H groups in total. The Bertz CT molecular complexity index is 402. The highest BCUT2D eigenvalue weighted by Crippen LogP contribution is 2.20. The van der Waals surface area contributed by atoms with Crippen LogP contribution in [0.1, 0.15) is 12.0 Å². The second-order valence-corrected chi connectivity index (χ2v) is 4.73. The summed E-state index contributed by atoms with van der Waals surface area (Å²) in [5.41, 5.74) is 2.38. The summed E-state index contributed by atoms with van der Waals surface area (Å²) in [5.74, 6) is 0.136. The number of rotatable bonds is 4. The summed E-state index contributed by atoms with van der Waals surface area (Å²) in [6, 6.07) is 8.32. The minimum Gasteiger partial charge on any atom is -0.358 e. The number of benzene rings is 1. The first-order chi connectivity index (χ1) is 8.72. The second-order valence-electron chi connectivity index (χ2n) is 4.73. The third-order valence-electron chi connectivity index (χ3n) is 3.36. The molecular weight excluding hydrogens is 226 g/mol. The van der Waals surface area contributed by atoms with E-state index in [1.165, 1.54) is 5.56 Å². The molecule has 0 spiro atoms. The van der Waals surface area contributed by atoms with Gasteiger partial charge in [-0.25, -0.2) is 0 Å².